The van der Waals surface area contributed by atoms with Crippen LogP contribution in [0.25, 0.3) is 0 Å². The smallest absolute Gasteiger partial charge is 0.430 e. The van der Waals surface area contributed by atoms with Gasteiger partial charge < -0.3 is 19.8 Å². The lowest BCUT2D eigenvalue weighted by molar-refractivity contribution is -0.530. The lowest BCUT2D eigenvalue weighted by Crippen LogP contribution is -2.68. The highest BCUT2D eigenvalue weighted by molar-refractivity contribution is 5.74. The zero-order valence-corrected chi connectivity index (χ0v) is 13.5. The lowest BCUT2D eigenvalue weighted by atomic mass is 10.1. The van der Waals surface area contributed by atoms with Crippen molar-refractivity contribution in [2.24, 2.45) is 0 Å². The minimum Gasteiger partial charge on any atom is -0.544 e. The fraction of sp³-hybridized carbons (Fsp3) is 0.800. The molecule has 0 N–H and O–H groups in total. The molecule has 0 bridgehead atoms. The van der Waals surface area contributed by atoms with Crippen molar-refractivity contribution < 1.29 is 99.5 Å². The van der Waals surface area contributed by atoms with E-state index in [0.717, 1.165) is 0 Å². The van der Waals surface area contributed by atoms with Gasteiger partial charge in [-0.3, -0.25) is 0 Å². The largest absolute Gasteiger partial charge is 0.544 e. The monoisotopic (exact) mass is 520 g/mol. The fourth-order valence-corrected chi connectivity index (χ4v) is 1.18. The van der Waals surface area contributed by atoms with E-state index in [9.17, 15) is 90.0 Å². The van der Waals surface area contributed by atoms with Crippen molar-refractivity contribution in [1.29, 1.82) is 0 Å². The summed E-state index contributed by atoms with van der Waals surface area (Å²) in [5.41, 5.74) is 0. The van der Waals surface area contributed by atoms with E-state index in [1.807, 2.05) is 0 Å². The number of rotatable bonds is 11. The van der Waals surface area contributed by atoms with Gasteiger partial charge in [-0.25, -0.2) is 9.47 Å². The molecule has 0 unspecified atom stereocenters. The van der Waals surface area contributed by atoms with Crippen molar-refractivity contribution in [3.05, 3.63) is 0 Å². The maximum Gasteiger partial charge on any atom is 0.430 e. The molecule has 22 heteroatoms. The molecule has 0 spiro atoms. The summed E-state index contributed by atoms with van der Waals surface area (Å²) in [6.45, 7) is 0. The highest BCUT2D eigenvalue weighted by atomic mass is 19.4. The third-order valence-electron chi connectivity index (χ3n) is 2.88. The molecular weight excluding hydrogens is 520 g/mol. The summed E-state index contributed by atoms with van der Waals surface area (Å²) in [5.74, 6) is -39.5. The summed E-state index contributed by atoms with van der Waals surface area (Å²) in [6.07, 6.45) is -30.9. The Morgan fingerprint density at radius 1 is 0.438 bits per heavy atom. The molecule has 0 amide bonds. The molecule has 32 heavy (non-hydrogen) atoms. The Balaban J connectivity index is 6.32. The normalized spacial score (nSPS) is 15.6. The van der Waals surface area contributed by atoms with E-state index >= 15 is 0 Å². The van der Waals surface area contributed by atoms with Crippen LogP contribution in [-0.2, 0) is 19.1 Å². The lowest BCUT2D eigenvalue weighted by Gasteiger charge is -2.39. The molecule has 0 atom stereocenters. The number of halogens is 16. The summed E-state index contributed by atoms with van der Waals surface area (Å²) >= 11 is 0. The van der Waals surface area contributed by atoms with E-state index in [-0.39, 0.29) is 0 Å². The second-order valence-corrected chi connectivity index (χ2v) is 5.14. The van der Waals surface area contributed by atoms with Crippen LogP contribution in [0.2, 0.25) is 0 Å². The third kappa shape index (κ3) is 4.45. The molecule has 0 aliphatic carbocycles. The van der Waals surface area contributed by atoms with Gasteiger partial charge in [0, 0.05) is 0 Å². The molecule has 0 fully saturated rings. The first-order chi connectivity index (χ1) is 13.6. The van der Waals surface area contributed by atoms with Crippen LogP contribution in [0.5, 0.6) is 0 Å². The second-order valence-electron chi connectivity index (χ2n) is 5.14. The Morgan fingerprint density at radius 3 is 0.781 bits per heavy atom. The standard InChI is InChI=1S/C10H2F16O6/c11-3(12,1(27)28)7(19,20)31-9(23,24)5(15,16)6(17,18)10(25,26)32-8(21,22)4(13,14)2(29)30/h(H,27,28)(H,29,30)/p-2. The SMILES string of the molecule is O=C([O-])C(F)(F)C(F)(F)OC(F)(F)C(F)(F)C(F)(F)C(F)(F)OC(F)(F)C(F)(F)C(=O)[O-]. The average Bonchev–Trinajstić information content (AvgIpc) is 2.51. The van der Waals surface area contributed by atoms with E-state index in [2.05, 4.69) is 0 Å². The van der Waals surface area contributed by atoms with E-state index < -0.39 is 60.1 Å². The van der Waals surface area contributed by atoms with Crippen molar-refractivity contribution in [3.63, 3.8) is 0 Å². The molecule has 0 aromatic carbocycles. The Morgan fingerprint density at radius 2 is 0.625 bits per heavy atom. The van der Waals surface area contributed by atoms with Gasteiger partial charge in [0.05, 0.1) is 0 Å². The number of ether oxygens (including phenoxy) is 2. The Bertz CT molecular complexity index is 684. The highest BCUT2D eigenvalue weighted by Crippen LogP contribution is 2.57. The van der Waals surface area contributed by atoms with Gasteiger partial charge in [0.2, 0.25) is 0 Å². The van der Waals surface area contributed by atoms with Gasteiger partial charge in [-0.15, -0.1) is 0 Å². The Hall–Kier alpha value is -2.26. The summed E-state index contributed by atoms with van der Waals surface area (Å²) in [7, 11) is 0. The number of carbonyl (C=O) groups is 2. The first-order valence-electron chi connectivity index (χ1n) is 6.41. The predicted molar refractivity (Wildman–Crippen MR) is 51.8 cm³/mol. The summed E-state index contributed by atoms with van der Waals surface area (Å²) in [4.78, 5) is 19.4. The molecule has 0 radical (unpaired) electrons. The van der Waals surface area contributed by atoms with E-state index in [4.69, 9.17) is 0 Å². The molecule has 0 rings (SSSR count). The average molecular weight is 520 g/mol. The van der Waals surface area contributed by atoms with E-state index in [1.54, 1.807) is 0 Å². The Labute approximate surface area is 161 Å². The van der Waals surface area contributed by atoms with Gasteiger partial charge >= 0.3 is 48.1 Å². The van der Waals surface area contributed by atoms with Gasteiger partial charge in [-0.2, -0.15) is 70.2 Å². The van der Waals surface area contributed by atoms with E-state index in [1.165, 1.54) is 9.47 Å². The van der Waals surface area contributed by atoms with Crippen LogP contribution < -0.4 is 10.2 Å². The Kier molecular flexibility index (Phi) is 7.12. The van der Waals surface area contributed by atoms with Crippen LogP contribution in [0.4, 0.5) is 70.2 Å². The number of hydrogen-bond acceptors (Lipinski definition) is 6. The van der Waals surface area contributed by atoms with Crippen molar-refractivity contribution in [2.45, 2.75) is 48.1 Å². The molecule has 0 aromatic rings. The van der Waals surface area contributed by atoms with Crippen molar-refractivity contribution in [2.75, 3.05) is 0 Å². The van der Waals surface area contributed by atoms with Crippen LogP contribution in [0, 0.1) is 0 Å². The minimum absolute atomic E-state index is 1.24. The number of carboxylic acids is 2. The second kappa shape index (κ2) is 7.66. The van der Waals surface area contributed by atoms with Crippen LogP contribution in [0.3, 0.4) is 0 Å². The number of hydrogen-bond donors (Lipinski definition) is 0. The van der Waals surface area contributed by atoms with Crippen LogP contribution >= 0.6 is 0 Å². The summed E-state index contributed by atoms with van der Waals surface area (Å²) in [6, 6.07) is 0. The van der Waals surface area contributed by atoms with Gasteiger partial charge in [-0.1, -0.05) is 0 Å². The predicted octanol–water partition coefficient (Wildman–Crippen LogP) is 1.43. The number of carbonyl (C=O) groups excluding carboxylic acids is 2. The first kappa shape index (κ1) is 29.7. The first-order valence-corrected chi connectivity index (χ1v) is 6.41. The number of carboxylic acid groups (broad SMARTS) is 2. The van der Waals surface area contributed by atoms with E-state index in [0.29, 0.717) is 0 Å². The van der Waals surface area contributed by atoms with Crippen molar-refractivity contribution in [3.8, 4) is 0 Å². The van der Waals surface area contributed by atoms with Gasteiger partial charge in [-0.05, 0) is 0 Å². The molecule has 0 saturated carbocycles. The van der Waals surface area contributed by atoms with Crippen LogP contribution in [0.1, 0.15) is 0 Å². The fourth-order valence-electron chi connectivity index (χ4n) is 1.18. The van der Waals surface area contributed by atoms with Gasteiger partial charge in [0.25, 0.3) is 0 Å². The molecular formula is C10F16O6-2. The quantitative estimate of drug-likeness (QED) is 0.383. The topological polar surface area (TPSA) is 98.7 Å². The minimum atomic E-state index is -8.36. The molecule has 190 valence electrons. The molecule has 0 aliphatic rings. The molecule has 6 nitrogen and oxygen atoms in total. The van der Waals surface area contributed by atoms with Gasteiger partial charge in [0.1, 0.15) is 11.9 Å². The van der Waals surface area contributed by atoms with Crippen LogP contribution in [0.15, 0.2) is 0 Å². The maximum atomic E-state index is 13.1. The molecule has 0 aliphatic heterocycles. The molecule has 0 heterocycles. The maximum absolute atomic E-state index is 13.1. The molecule has 0 saturated heterocycles. The zero-order valence-electron chi connectivity index (χ0n) is 13.5. The highest BCUT2D eigenvalue weighted by Gasteiger charge is 2.86. The number of alkyl halides is 16. The van der Waals surface area contributed by atoms with Crippen LogP contribution in [-0.4, -0.2) is 60.1 Å². The van der Waals surface area contributed by atoms with Crippen molar-refractivity contribution in [1.82, 2.24) is 0 Å². The summed E-state index contributed by atoms with van der Waals surface area (Å²) in [5, 5.41) is 19.4. The zero-order chi connectivity index (χ0) is 26.6. The summed E-state index contributed by atoms with van der Waals surface area (Å²) < 4.78 is 208. The van der Waals surface area contributed by atoms with Gasteiger partial charge in [0.15, 0.2) is 0 Å². The molecule has 0 aromatic heterocycles. The van der Waals surface area contributed by atoms with Crippen molar-refractivity contribution >= 4 is 11.9 Å². The third-order valence-corrected chi connectivity index (χ3v) is 2.88. The number of aliphatic carboxylic acids is 2.